The Morgan fingerprint density at radius 2 is 0.823 bits per heavy atom. The van der Waals surface area contributed by atoms with Crippen molar-refractivity contribution in [1.29, 1.82) is 0 Å². The van der Waals surface area contributed by atoms with Crippen molar-refractivity contribution in [2.45, 2.75) is 142 Å². The fourth-order valence-electron chi connectivity index (χ4n) is 5.59. The fraction of sp³-hybridized carbons (Fsp3) is 0.711. The number of aliphatic hydroxyl groups is 1. The van der Waals surface area contributed by atoms with E-state index in [2.05, 4.69) is 37.2 Å². The predicted molar refractivity (Wildman–Crippen MR) is 220 cm³/mol. The lowest BCUT2D eigenvalue weighted by atomic mass is 10.0. The van der Waals surface area contributed by atoms with Gasteiger partial charge >= 0.3 is 11.9 Å². The number of hydrogen-bond acceptors (Lipinski definition) is 13. The minimum absolute atomic E-state index is 0.00338. The maximum absolute atomic E-state index is 13.6. The molecule has 0 fully saturated rings. The lowest BCUT2D eigenvalue weighted by Crippen LogP contribution is -2.60. The third-order valence-corrected chi connectivity index (χ3v) is 8.80. The molecule has 0 aromatic heterocycles. The van der Waals surface area contributed by atoms with Crippen LogP contribution in [0.25, 0.3) is 0 Å². The molecule has 15 N–H and O–H groups in total. The van der Waals surface area contributed by atoms with E-state index >= 15 is 0 Å². The first-order chi connectivity index (χ1) is 28.7. The summed E-state index contributed by atoms with van der Waals surface area (Å²) in [6.07, 6.45) is -1.16. The molecule has 0 aromatic rings. The van der Waals surface area contributed by atoms with Gasteiger partial charge in [0, 0.05) is 6.42 Å². The molecule has 0 aliphatic rings. The van der Waals surface area contributed by atoms with Crippen molar-refractivity contribution in [3.8, 4) is 0 Å². The van der Waals surface area contributed by atoms with Crippen molar-refractivity contribution in [2.75, 3.05) is 13.2 Å². The summed E-state index contributed by atoms with van der Waals surface area (Å²) in [7, 11) is 0. The number of carboxylic acid groups (broad SMARTS) is 2. The van der Waals surface area contributed by atoms with Crippen LogP contribution in [0.15, 0.2) is 0 Å². The quantitative estimate of drug-likeness (QED) is 0.0339. The summed E-state index contributed by atoms with van der Waals surface area (Å²) in [6.45, 7) is 11.3. The van der Waals surface area contributed by atoms with Crippen LogP contribution in [0.2, 0.25) is 0 Å². The van der Waals surface area contributed by atoms with Crippen LogP contribution in [0.3, 0.4) is 0 Å². The number of amides is 9. The lowest BCUT2D eigenvalue weighted by molar-refractivity contribution is -0.139. The number of carbonyl (C=O) groups is 11. The number of primary amides is 1. The largest absolute Gasteiger partial charge is 0.481 e. The van der Waals surface area contributed by atoms with Crippen LogP contribution < -0.4 is 54.0 Å². The Bertz CT molecular complexity index is 1610. The number of nitrogens with one attached hydrogen (secondary N) is 8. The zero-order valence-electron chi connectivity index (χ0n) is 36.5. The third kappa shape index (κ3) is 22.6. The van der Waals surface area contributed by atoms with E-state index in [1.165, 1.54) is 13.8 Å². The Hall–Kier alpha value is -5.91. The van der Waals surface area contributed by atoms with Crippen LogP contribution in [-0.2, 0) is 52.7 Å². The number of hydrogen-bond donors (Lipinski definition) is 13. The first-order valence-electron chi connectivity index (χ1n) is 20.2. The molecule has 0 aliphatic carbocycles. The summed E-state index contributed by atoms with van der Waals surface area (Å²) in [5, 5.41) is 46.3. The molecule has 0 heterocycles. The lowest BCUT2D eigenvalue weighted by Gasteiger charge is -2.27. The van der Waals surface area contributed by atoms with Gasteiger partial charge in [0.1, 0.15) is 48.8 Å². The van der Waals surface area contributed by atoms with Crippen LogP contribution in [0.4, 0.5) is 0 Å². The molecule has 352 valence electrons. The molecule has 24 nitrogen and oxygen atoms in total. The highest BCUT2D eigenvalue weighted by Crippen LogP contribution is 2.10. The van der Waals surface area contributed by atoms with Gasteiger partial charge in [-0.1, -0.05) is 41.5 Å². The van der Waals surface area contributed by atoms with Gasteiger partial charge in [0.15, 0.2) is 0 Å². The summed E-state index contributed by atoms with van der Waals surface area (Å²) in [4.78, 5) is 139. The highest BCUT2D eigenvalue weighted by molar-refractivity contribution is 5.98. The summed E-state index contributed by atoms with van der Waals surface area (Å²) in [6, 6.07) is -10.9. The summed E-state index contributed by atoms with van der Waals surface area (Å²) in [5.41, 5.74) is 11.2. The Kier molecular flexibility index (Phi) is 25.2. The molecule has 9 amide bonds. The SMILES string of the molecule is CC(C)C[C@H](NC(=O)[C@H](C)NC(=O)[C@H](C)NC(=O)[C@H](CC(C)C)NC(=O)[C@@H](N)CCC(=O)O)C(=O)N[C@@H](CC(N)=O)C(=O)N[C@@H](CC(C)C)C(=O)N[C@@H](CO)C(=O)NCC(=O)O. The normalized spacial score (nSPS) is 15.0. The van der Waals surface area contributed by atoms with Crippen LogP contribution in [0, 0.1) is 17.8 Å². The number of nitrogens with two attached hydrogens (primary N) is 2. The summed E-state index contributed by atoms with van der Waals surface area (Å²) in [5.74, 6) is -11.2. The molecular formula is C38H66N10O14. The summed E-state index contributed by atoms with van der Waals surface area (Å²) < 4.78 is 0. The van der Waals surface area contributed by atoms with E-state index < -0.39 is 133 Å². The van der Waals surface area contributed by atoms with Gasteiger partial charge in [-0.25, -0.2) is 0 Å². The Labute approximate surface area is 359 Å². The van der Waals surface area contributed by atoms with Crippen molar-refractivity contribution < 1.29 is 68.1 Å². The molecule has 0 rings (SSSR count). The van der Waals surface area contributed by atoms with Gasteiger partial charge in [-0.2, -0.15) is 0 Å². The Morgan fingerprint density at radius 1 is 0.468 bits per heavy atom. The van der Waals surface area contributed by atoms with E-state index in [-0.39, 0.29) is 49.9 Å². The van der Waals surface area contributed by atoms with Gasteiger partial charge in [-0.3, -0.25) is 52.7 Å². The smallest absolute Gasteiger partial charge is 0.322 e. The number of rotatable bonds is 29. The summed E-state index contributed by atoms with van der Waals surface area (Å²) >= 11 is 0. The van der Waals surface area contributed by atoms with Crippen molar-refractivity contribution >= 4 is 65.1 Å². The Morgan fingerprint density at radius 3 is 1.23 bits per heavy atom. The zero-order valence-corrected chi connectivity index (χ0v) is 36.5. The maximum Gasteiger partial charge on any atom is 0.322 e. The fourth-order valence-corrected chi connectivity index (χ4v) is 5.59. The second-order valence-electron chi connectivity index (χ2n) is 16.2. The molecule has 0 aliphatic heterocycles. The van der Waals surface area contributed by atoms with E-state index in [1.807, 2.05) is 5.32 Å². The van der Waals surface area contributed by atoms with Crippen molar-refractivity contribution in [3.05, 3.63) is 0 Å². The van der Waals surface area contributed by atoms with Crippen molar-refractivity contribution in [1.82, 2.24) is 42.5 Å². The van der Waals surface area contributed by atoms with Gasteiger partial charge < -0.3 is 69.3 Å². The molecule has 24 heteroatoms. The van der Waals surface area contributed by atoms with Crippen molar-refractivity contribution in [2.24, 2.45) is 29.2 Å². The first-order valence-corrected chi connectivity index (χ1v) is 20.2. The van der Waals surface area contributed by atoms with Crippen LogP contribution in [0.1, 0.15) is 93.9 Å². The average molecular weight is 887 g/mol. The zero-order chi connectivity index (χ0) is 48.0. The number of carbonyl (C=O) groups excluding carboxylic acids is 9. The van der Waals surface area contributed by atoms with Crippen LogP contribution in [-0.4, -0.2) is 142 Å². The second kappa shape index (κ2) is 27.8. The number of aliphatic hydroxyl groups excluding tert-OH is 1. The highest BCUT2D eigenvalue weighted by atomic mass is 16.4. The van der Waals surface area contributed by atoms with Crippen LogP contribution >= 0.6 is 0 Å². The molecule has 0 spiro atoms. The Balaban J connectivity index is 5.94. The molecule has 0 saturated carbocycles. The van der Waals surface area contributed by atoms with E-state index in [1.54, 1.807) is 41.5 Å². The second-order valence-corrected chi connectivity index (χ2v) is 16.2. The third-order valence-electron chi connectivity index (χ3n) is 8.80. The standard InChI is InChI=1S/C38H66N10O14/c1-17(2)11-23(45-33(57)22(39)9-10-29(51)52)35(59)43-20(7)31(55)42-21(8)32(56)44-24(12-18(3)4)36(60)47-26(14-28(40)50)38(62)46-25(13-19(5)6)37(61)48-27(16-49)34(58)41-15-30(53)54/h17-27,49H,9-16,39H2,1-8H3,(H2,40,50)(H,41,58)(H,42,55)(H,43,59)(H,44,56)(H,45,57)(H,46,62)(H,47,60)(H,48,61)(H,51,52)(H,53,54)/t20-,21-,22-,23-,24-,25-,26-,27-/m0/s1. The molecule has 62 heavy (non-hydrogen) atoms. The van der Waals surface area contributed by atoms with Gasteiger partial charge in [-0.05, 0) is 57.3 Å². The molecule has 0 radical (unpaired) electrons. The van der Waals surface area contributed by atoms with Gasteiger partial charge in [0.25, 0.3) is 0 Å². The predicted octanol–water partition coefficient (Wildman–Crippen LogP) is -4.18. The van der Waals surface area contributed by atoms with Gasteiger partial charge in [0.05, 0.1) is 19.1 Å². The highest BCUT2D eigenvalue weighted by Gasteiger charge is 2.34. The number of carboxylic acids is 2. The molecular weight excluding hydrogens is 820 g/mol. The van der Waals surface area contributed by atoms with E-state index in [0.717, 1.165) is 0 Å². The topological polar surface area (TPSA) is 397 Å². The molecule has 0 bridgehead atoms. The monoisotopic (exact) mass is 886 g/mol. The first kappa shape index (κ1) is 56.1. The van der Waals surface area contributed by atoms with Crippen molar-refractivity contribution in [3.63, 3.8) is 0 Å². The van der Waals surface area contributed by atoms with Gasteiger partial charge in [-0.15, -0.1) is 0 Å². The minimum atomic E-state index is -1.67. The average Bonchev–Trinajstić information content (AvgIpc) is 3.15. The van der Waals surface area contributed by atoms with E-state index in [9.17, 15) is 57.8 Å². The van der Waals surface area contributed by atoms with E-state index in [0.29, 0.717) is 0 Å². The molecule has 0 aromatic carbocycles. The molecule has 8 atom stereocenters. The molecule has 0 unspecified atom stereocenters. The van der Waals surface area contributed by atoms with Crippen LogP contribution in [0.5, 0.6) is 0 Å². The minimum Gasteiger partial charge on any atom is -0.481 e. The van der Waals surface area contributed by atoms with Gasteiger partial charge in [0.2, 0.25) is 53.2 Å². The van der Waals surface area contributed by atoms with E-state index in [4.69, 9.17) is 21.7 Å². The number of aliphatic carboxylic acids is 2. The molecule has 0 saturated heterocycles. The maximum atomic E-state index is 13.6.